The lowest BCUT2D eigenvalue weighted by molar-refractivity contribution is -0.144. The lowest BCUT2D eigenvalue weighted by Crippen LogP contribution is -2.31. The highest BCUT2D eigenvalue weighted by atomic mass is 32.1. The molecule has 4 heteroatoms. The second-order valence-corrected chi connectivity index (χ2v) is 3.93. The molecule has 0 saturated carbocycles. The highest BCUT2D eigenvalue weighted by molar-refractivity contribution is 7.10. The van der Waals surface area contributed by atoms with Gasteiger partial charge in [0.05, 0.1) is 0 Å². The molecule has 13 heavy (non-hydrogen) atoms. The lowest BCUT2D eigenvalue weighted by Gasteiger charge is -2.20. The highest BCUT2D eigenvalue weighted by Gasteiger charge is 2.35. The van der Waals surface area contributed by atoms with Crippen molar-refractivity contribution in [3.63, 3.8) is 0 Å². The summed E-state index contributed by atoms with van der Waals surface area (Å²) in [6.45, 7) is 1.57. The van der Waals surface area contributed by atoms with E-state index in [4.69, 9.17) is 5.11 Å². The molecule has 0 aliphatic heterocycles. The maximum absolute atomic E-state index is 11.0. The number of carboxylic acids is 1. The van der Waals surface area contributed by atoms with E-state index in [1.807, 2.05) is 0 Å². The van der Waals surface area contributed by atoms with E-state index in [0.29, 0.717) is 11.2 Å². The summed E-state index contributed by atoms with van der Waals surface area (Å²) >= 11 is 1.36. The molecular formula is C9H10O3S. The molecule has 1 rings (SSSR count). The quantitative estimate of drug-likeness (QED) is 0.749. The molecule has 0 radical (unpaired) electrons. The predicted octanol–water partition coefficient (Wildman–Crippen LogP) is 1.68. The van der Waals surface area contributed by atoms with E-state index in [1.54, 1.807) is 24.4 Å². The molecule has 0 fully saturated rings. The molecule has 0 saturated heterocycles. The lowest BCUT2D eigenvalue weighted by atomic mass is 9.86. The van der Waals surface area contributed by atoms with Crippen LogP contribution in [0.5, 0.6) is 0 Å². The van der Waals surface area contributed by atoms with Crippen LogP contribution in [0.15, 0.2) is 17.5 Å². The fraction of sp³-hybridized carbons (Fsp3) is 0.333. The van der Waals surface area contributed by atoms with E-state index in [-0.39, 0.29) is 6.42 Å². The number of carbonyl (C=O) groups is 2. The van der Waals surface area contributed by atoms with Crippen LogP contribution in [-0.4, -0.2) is 17.4 Å². The van der Waals surface area contributed by atoms with Crippen LogP contribution in [-0.2, 0) is 15.0 Å². The van der Waals surface area contributed by atoms with E-state index >= 15 is 0 Å². The van der Waals surface area contributed by atoms with E-state index < -0.39 is 11.4 Å². The monoisotopic (exact) mass is 198 g/mol. The predicted molar refractivity (Wildman–Crippen MR) is 50.0 cm³/mol. The number of carboxylic acid groups (broad SMARTS) is 1. The molecule has 1 unspecified atom stereocenters. The van der Waals surface area contributed by atoms with E-state index in [9.17, 15) is 9.59 Å². The minimum absolute atomic E-state index is 0.0167. The third-order valence-corrected chi connectivity index (χ3v) is 3.16. The fourth-order valence-corrected chi connectivity index (χ4v) is 1.94. The Bertz CT molecular complexity index is 305. The van der Waals surface area contributed by atoms with Crippen LogP contribution in [0.3, 0.4) is 0 Å². The average Bonchev–Trinajstić information content (AvgIpc) is 2.56. The van der Waals surface area contributed by atoms with Gasteiger partial charge in [0.2, 0.25) is 0 Å². The Morgan fingerprint density at radius 3 is 2.85 bits per heavy atom. The van der Waals surface area contributed by atoms with E-state index in [1.165, 1.54) is 11.3 Å². The van der Waals surface area contributed by atoms with Gasteiger partial charge in [-0.25, -0.2) is 0 Å². The summed E-state index contributed by atoms with van der Waals surface area (Å²) in [5.74, 6) is -0.956. The molecule has 3 nitrogen and oxygen atoms in total. The van der Waals surface area contributed by atoms with Crippen LogP contribution in [0.4, 0.5) is 0 Å². The van der Waals surface area contributed by atoms with Crippen LogP contribution in [0.25, 0.3) is 0 Å². The first kappa shape index (κ1) is 9.92. The molecule has 1 heterocycles. The van der Waals surface area contributed by atoms with Gasteiger partial charge in [-0.2, -0.15) is 0 Å². The van der Waals surface area contributed by atoms with Gasteiger partial charge in [0, 0.05) is 11.3 Å². The average molecular weight is 198 g/mol. The molecule has 0 aliphatic rings. The largest absolute Gasteiger partial charge is 0.481 e. The molecule has 1 aromatic heterocycles. The van der Waals surface area contributed by atoms with Crippen molar-refractivity contribution in [2.24, 2.45) is 0 Å². The summed E-state index contributed by atoms with van der Waals surface area (Å²) < 4.78 is 0. The molecule has 70 valence electrons. The Balaban J connectivity index is 3.05. The first-order valence-electron chi connectivity index (χ1n) is 3.82. The summed E-state index contributed by atoms with van der Waals surface area (Å²) in [6, 6.07) is 3.52. The zero-order chi connectivity index (χ0) is 9.90. The van der Waals surface area contributed by atoms with Crippen molar-refractivity contribution in [2.45, 2.75) is 18.8 Å². The minimum atomic E-state index is -1.06. The molecule has 0 aliphatic carbocycles. The Labute approximate surface area is 80.0 Å². The summed E-state index contributed by atoms with van der Waals surface area (Å²) in [5, 5.41) is 10.8. The number of rotatable bonds is 4. The molecule has 1 N–H and O–H groups in total. The van der Waals surface area contributed by atoms with Crippen molar-refractivity contribution in [1.82, 2.24) is 0 Å². The van der Waals surface area contributed by atoms with Gasteiger partial charge >= 0.3 is 5.97 Å². The standard InChI is InChI=1S/C9H10O3S/c1-9(4-5-10,8(11)12)7-3-2-6-13-7/h2-3,5-6H,4H2,1H3,(H,11,12). The second kappa shape index (κ2) is 3.70. The Hall–Kier alpha value is -1.16. The smallest absolute Gasteiger partial charge is 0.315 e. The molecular weight excluding hydrogens is 188 g/mol. The Kier molecular flexibility index (Phi) is 2.83. The molecule has 1 aromatic rings. The minimum Gasteiger partial charge on any atom is -0.481 e. The highest BCUT2D eigenvalue weighted by Crippen LogP contribution is 2.30. The first-order valence-corrected chi connectivity index (χ1v) is 4.70. The van der Waals surface area contributed by atoms with E-state index in [2.05, 4.69) is 0 Å². The van der Waals surface area contributed by atoms with Crippen molar-refractivity contribution in [1.29, 1.82) is 0 Å². The van der Waals surface area contributed by atoms with Crippen molar-refractivity contribution < 1.29 is 14.7 Å². The molecule has 1 atom stereocenters. The van der Waals surface area contributed by atoms with Gasteiger partial charge < -0.3 is 9.90 Å². The van der Waals surface area contributed by atoms with Crippen molar-refractivity contribution in [2.75, 3.05) is 0 Å². The van der Waals surface area contributed by atoms with Gasteiger partial charge in [0.15, 0.2) is 0 Å². The Morgan fingerprint density at radius 1 is 1.77 bits per heavy atom. The fourth-order valence-electron chi connectivity index (χ4n) is 1.05. The number of hydrogen-bond donors (Lipinski definition) is 1. The third kappa shape index (κ3) is 1.78. The normalized spacial score (nSPS) is 14.8. The number of aldehydes is 1. The van der Waals surface area contributed by atoms with Crippen molar-refractivity contribution >= 4 is 23.6 Å². The first-order chi connectivity index (χ1) is 6.11. The van der Waals surface area contributed by atoms with Crippen molar-refractivity contribution in [3.05, 3.63) is 22.4 Å². The van der Waals surface area contributed by atoms with Crippen LogP contribution >= 0.6 is 11.3 Å². The number of carbonyl (C=O) groups excluding carboxylic acids is 1. The molecule has 0 spiro atoms. The summed E-state index contributed by atoms with van der Waals surface area (Å²) in [6.07, 6.45) is 0.663. The molecule has 0 aromatic carbocycles. The van der Waals surface area contributed by atoms with Gasteiger partial charge in [-0.05, 0) is 18.4 Å². The number of hydrogen-bond acceptors (Lipinski definition) is 3. The van der Waals surface area contributed by atoms with Crippen molar-refractivity contribution in [3.8, 4) is 0 Å². The van der Waals surface area contributed by atoms with Crippen LogP contribution in [0.1, 0.15) is 18.2 Å². The maximum atomic E-state index is 11.0. The van der Waals surface area contributed by atoms with E-state index in [0.717, 1.165) is 0 Å². The third-order valence-electron chi connectivity index (χ3n) is 2.03. The van der Waals surface area contributed by atoms with Crippen LogP contribution < -0.4 is 0 Å². The van der Waals surface area contributed by atoms with Gasteiger partial charge in [0.25, 0.3) is 0 Å². The summed E-state index contributed by atoms with van der Waals surface area (Å²) in [4.78, 5) is 22.0. The molecule has 0 amide bonds. The van der Waals surface area contributed by atoms with Gasteiger partial charge in [-0.15, -0.1) is 11.3 Å². The maximum Gasteiger partial charge on any atom is 0.315 e. The topological polar surface area (TPSA) is 54.4 Å². The van der Waals surface area contributed by atoms with Gasteiger partial charge in [0.1, 0.15) is 11.7 Å². The SMILES string of the molecule is CC(CC=O)(C(=O)O)c1cccs1. The Morgan fingerprint density at radius 2 is 2.46 bits per heavy atom. The van der Waals surface area contributed by atoms with Crippen LogP contribution in [0, 0.1) is 0 Å². The summed E-state index contributed by atoms with van der Waals surface area (Å²) in [7, 11) is 0. The van der Waals surface area contributed by atoms with Gasteiger partial charge in [-0.3, -0.25) is 4.79 Å². The zero-order valence-corrected chi connectivity index (χ0v) is 8.00. The van der Waals surface area contributed by atoms with Crippen LogP contribution in [0.2, 0.25) is 0 Å². The number of thiophene rings is 1. The van der Waals surface area contributed by atoms with Gasteiger partial charge in [-0.1, -0.05) is 6.07 Å². The zero-order valence-electron chi connectivity index (χ0n) is 7.19. The molecule has 0 bridgehead atoms. The summed E-state index contributed by atoms with van der Waals surface area (Å²) in [5.41, 5.74) is -1.06. The second-order valence-electron chi connectivity index (χ2n) is 2.99. The number of aliphatic carboxylic acids is 1.